The fourth-order valence-corrected chi connectivity index (χ4v) is 2.38. The molecule has 0 amide bonds. The Morgan fingerprint density at radius 1 is 1.37 bits per heavy atom. The topological polar surface area (TPSA) is 48.3 Å². The van der Waals surface area contributed by atoms with Crippen LogP contribution in [-0.4, -0.2) is 17.1 Å². The molecule has 0 bridgehead atoms. The number of pyridine rings is 1. The largest absolute Gasteiger partial charge is 0.462 e. The van der Waals surface area contributed by atoms with E-state index < -0.39 is 0 Å². The molecule has 2 aromatic rings. The van der Waals surface area contributed by atoms with Gasteiger partial charge < -0.3 is 9.30 Å². The molecule has 0 atom stereocenters. The van der Waals surface area contributed by atoms with Crippen LogP contribution >= 0.6 is 0 Å². The molecule has 0 aliphatic heterocycles. The fourth-order valence-electron chi connectivity index (χ4n) is 2.38. The maximum atomic E-state index is 12.2. The van der Waals surface area contributed by atoms with E-state index in [1.807, 2.05) is 19.1 Å². The number of nitrogens with zero attached hydrogens (tertiary/aromatic N) is 1. The smallest absolute Gasteiger partial charge is 0.338 e. The summed E-state index contributed by atoms with van der Waals surface area (Å²) in [5.74, 6) is -0.370. The lowest BCUT2D eigenvalue weighted by Gasteiger charge is -2.12. The molecular formula is C15H17NO3. The Morgan fingerprint density at radius 3 is 2.68 bits per heavy atom. The number of ether oxygens (including phenoxy) is 1. The molecule has 4 heteroatoms. The van der Waals surface area contributed by atoms with Gasteiger partial charge in [0.2, 0.25) is 0 Å². The summed E-state index contributed by atoms with van der Waals surface area (Å²) in [5, 5.41) is 1.44. The summed E-state index contributed by atoms with van der Waals surface area (Å²) in [7, 11) is 1.70. The van der Waals surface area contributed by atoms with Crippen LogP contribution in [0.3, 0.4) is 0 Å². The third-order valence-electron chi connectivity index (χ3n) is 3.30. The summed E-state index contributed by atoms with van der Waals surface area (Å²) in [6.07, 6.45) is 1.73. The molecule has 0 fully saturated rings. The van der Waals surface area contributed by atoms with Crippen molar-refractivity contribution >= 4 is 16.7 Å². The molecule has 1 heterocycles. The highest BCUT2D eigenvalue weighted by atomic mass is 16.5. The molecular weight excluding hydrogens is 242 g/mol. The summed E-state index contributed by atoms with van der Waals surface area (Å²) in [6, 6.07) is 3.74. The van der Waals surface area contributed by atoms with Gasteiger partial charge in [-0.05, 0) is 43.4 Å². The third-order valence-corrected chi connectivity index (χ3v) is 3.30. The molecule has 1 aromatic carbocycles. The SMILES string of the molecule is CCOC(=O)c1c(C)cc2ccn(C)c(=O)c2c1C. The standard InChI is InChI=1S/C15H17NO3/c1-5-19-15(18)12-9(2)8-11-6-7-16(4)14(17)13(11)10(12)3/h6-8H,5H2,1-4H3. The predicted molar refractivity (Wildman–Crippen MR) is 74.6 cm³/mol. The Hall–Kier alpha value is -2.10. The highest BCUT2D eigenvalue weighted by Gasteiger charge is 2.17. The molecule has 0 saturated heterocycles. The van der Waals surface area contributed by atoms with Crippen molar-refractivity contribution in [1.82, 2.24) is 4.57 Å². The van der Waals surface area contributed by atoms with Crippen molar-refractivity contribution in [3.63, 3.8) is 0 Å². The van der Waals surface area contributed by atoms with Gasteiger partial charge in [-0.1, -0.05) is 6.07 Å². The zero-order chi connectivity index (χ0) is 14.2. The van der Waals surface area contributed by atoms with Gasteiger partial charge in [-0.15, -0.1) is 0 Å². The molecule has 1 aromatic heterocycles. The van der Waals surface area contributed by atoms with Gasteiger partial charge in [0, 0.05) is 13.2 Å². The van der Waals surface area contributed by atoms with Crippen LogP contribution in [0.15, 0.2) is 23.1 Å². The molecule has 2 rings (SSSR count). The Morgan fingerprint density at radius 2 is 2.05 bits per heavy atom. The summed E-state index contributed by atoms with van der Waals surface area (Å²) in [6.45, 7) is 5.74. The van der Waals surface area contributed by atoms with Crippen LogP contribution in [0.25, 0.3) is 10.8 Å². The number of esters is 1. The summed E-state index contributed by atoms with van der Waals surface area (Å²) in [5.41, 5.74) is 1.92. The van der Waals surface area contributed by atoms with Crippen molar-refractivity contribution in [1.29, 1.82) is 0 Å². The first kappa shape index (κ1) is 13.3. The van der Waals surface area contributed by atoms with Crippen molar-refractivity contribution in [3.05, 3.63) is 45.4 Å². The number of hydrogen-bond donors (Lipinski definition) is 0. The average Bonchev–Trinajstić information content (AvgIpc) is 2.34. The summed E-state index contributed by atoms with van der Waals surface area (Å²) in [4.78, 5) is 24.2. The lowest BCUT2D eigenvalue weighted by Crippen LogP contribution is -2.18. The van der Waals surface area contributed by atoms with Crippen molar-refractivity contribution in [2.45, 2.75) is 20.8 Å². The predicted octanol–water partition coefficient (Wildman–Crippen LogP) is 2.33. The van der Waals surface area contributed by atoms with E-state index in [-0.39, 0.29) is 11.5 Å². The minimum Gasteiger partial charge on any atom is -0.462 e. The van der Waals surface area contributed by atoms with E-state index in [0.717, 1.165) is 10.9 Å². The minimum atomic E-state index is -0.370. The Kier molecular flexibility index (Phi) is 3.42. The normalized spacial score (nSPS) is 10.7. The fraction of sp³-hybridized carbons (Fsp3) is 0.333. The van der Waals surface area contributed by atoms with Crippen LogP contribution in [0.1, 0.15) is 28.4 Å². The Balaban J connectivity index is 2.84. The summed E-state index contributed by atoms with van der Waals surface area (Å²) < 4.78 is 6.57. The molecule has 19 heavy (non-hydrogen) atoms. The van der Waals surface area contributed by atoms with Crippen LogP contribution in [-0.2, 0) is 11.8 Å². The number of fused-ring (bicyclic) bond motifs is 1. The second-order valence-corrected chi connectivity index (χ2v) is 4.61. The molecule has 0 N–H and O–H groups in total. The summed E-state index contributed by atoms with van der Waals surface area (Å²) >= 11 is 0. The lowest BCUT2D eigenvalue weighted by atomic mass is 9.96. The maximum absolute atomic E-state index is 12.2. The average molecular weight is 259 g/mol. The zero-order valence-electron chi connectivity index (χ0n) is 11.6. The number of carbonyl (C=O) groups is 1. The first-order valence-corrected chi connectivity index (χ1v) is 6.24. The second-order valence-electron chi connectivity index (χ2n) is 4.61. The number of carbonyl (C=O) groups excluding carboxylic acids is 1. The van der Waals surface area contributed by atoms with Crippen LogP contribution in [0.2, 0.25) is 0 Å². The molecule has 0 aliphatic rings. The number of rotatable bonds is 2. The van der Waals surface area contributed by atoms with Gasteiger partial charge >= 0.3 is 5.97 Å². The van der Waals surface area contributed by atoms with Crippen LogP contribution in [0.4, 0.5) is 0 Å². The number of hydrogen-bond acceptors (Lipinski definition) is 3. The Bertz CT molecular complexity index is 713. The molecule has 0 saturated carbocycles. The van der Waals surface area contributed by atoms with Gasteiger partial charge in [-0.2, -0.15) is 0 Å². The van der Waals surface area contributed by atoms with Crippen LogP contribution < -0.4 is 5.56 Å². The van der Waals surface area contributed by atoms with Gasteiger partial charge in [0.05, 0.1) is 17.6 Å². The van der Waals surface area contributed by atoms with Crippen LogP contribution in [0.5, 0.6) is 0 Å². The first-order valence-electron chi connectivity index (χ1n) is 6.24. The van der Waals surface area contributed by atoms with E-state index in [4.69, 9.17) is 4.74 Å². The van der Waals surface area contributed by atoms with E-state index in [9.17, 15) is 9.59 Å². The highest BCUT2D eigenvalue weighted by molar-refractivity contribution is 5.99. The van der Waals surface area contributed by atoms with E-state index in [2.05, 4.69) is 0 Å². The monoisotopic (exact) mass is 259 g/mol. The zero-order valence-corrected chi connectivity index (χ0v) is 11.6. The van der Waals surface area contributed by atoms with Crippen molar-refractivity contribution in [3.8, 4) is 0 Å². The van der Waals surface area contributed by atoms with Gasteiger partial charge in [0.25, 0.3) is 5.56 Å². The highest BCUT2D eigenvalue weighted by Crippen LogP contribution is 2.23. The first-order chi connectivity index (χ1) is 8.97. The van der Waals surface area contributed by atoms with Gasteiger partial charge in [-0.3, -0.25) is 4.79 Å². The minimum absolute atomic E-state index is 0.0967. The lowest BCUT2D eigenvalue weighted by molar-refractivity contribution is 0.0525. The molecule has 100 valence electrons. The van der Waals surface area contributed by atoms with Crippen LogP contribution in [0, 0.1) is 13.8 Å². The number of aryl methyl sites for hydroxylation is 3. The molecule has 4 nitrogen and oxygen atoms in total. The maximum Gasteiger partial charge on any atom is 0.338 e. The quantitative estimate of drug-likeness (QED) is 0.778. The van der Waals surface area contributed by atoms with E-state index in [1.165, 1.54) is 4.57 Å². The van der Waals surface area contributed by atoms with Crippen molar-refractivity contribution in [2.75, 3.05) is 6.61 Å². The van der Waals surface area contributed by atoms with Crippen molar-refractivity contribution in [2.24, 2.45) is 7.05 Å². The van der Waals surface area contributed by atoms with E-state index >= 15 is 0 Å². The van der Waals surface area contributed by atoms with Crippen molar-refractivity contribution < 1.29 is 9.53 Å². The number of benzene rings is 1. The molecule has 0 radical (unpaired) electrons. The van der Waals surface area contributed by atoms with Gasteiger partial charge in [0.15, 0.2) is 0 Å². The third kappa shape index (κ3) is 2.14. The van der Waals surface area contributed by atoms with E-state index in [1.54, 1.807) is 27.1 Å². The molecule has 0 spiro atoms. The van der Waals surface area contributed by atoms with Gasteiger partial charge in [0.1, 0.15) is 0 Å². The van der Waals surface area contributed by atoms with Gasteiger partial charge in [-0.25, -0.2) is 4.79 Å². The Labute approximate surface area is 111 Å². The molecule has 0 aliphatic carbocycles. The number of aromatic nitrogens is 1. The molecule has 0 unspecified atom stereocenters. The second kappa shape index (κ2) is 4.88. The van der Waals surface area contributed by atoms with E-state index in [0.29, 0.717) is 23.1 Å².